The van der Waals surface area contributed by atoms with E-state index in [-0.39, 0.29) is 5.78 Å². The standard InChI is InChI=1S/C19H19NOS.C4H4OS/c1-20-9-6-13(7-10-20)18-15-5-3-2-4-14(15)12-17(21)19-16(18)8-11-22-19;5-6-3-1-2-4-6/h2-5,8,11H,6-7,9-10,12H2,1H3;1-4H. The second-order valence-corrected chi connectivity index (χ2v) is 9.31. The van der Waals surface area contributed by atoms with Crippen molar-refractivity contribution in [3.63, 3.8) is 0 Å². The molecule has 3 heterocycles. The van der Waals surface area contributed by atoms with Crippen LogP contribution in [0.1, 0.15) is 39.2 Å². The Morgan fingerprint density at radius 2 is 1.71 bits per heavy atom. The van der Waals surface area contributed by atoms with Crippen LogP contribution in [-0.2, 0) is 6.42 Å². The summed E-state index contributed by atoms with van der Waals surface area (Å²) in [7, 11) is 1.40. The Hall–Kier alpha value is -2.05. The number of carbonyl (C=O) groups is 1. The van der Waals surface area contributed by atoms with E-state index in [9.17, 15) is 9.35 Å². The number of hydrogen-bond acceptors (Lipinski definition) is 4. The number of thiophene rings is 2. The van der Waals surface area contributed by atoms with Crippen LogP contribution in [0.5, 0.6) is 0 Å². The molecule has 0 spiro atoms. The van der Waals surface area contributed by atoms with Crippen molar-refractivity contribution < 1.29 is 9.35 Å². The van der Waals surface area contributed by atoms with Crippen molar-refractivity contribution in [2.75, 3.05) is 20.1 Å². The average Bonchev–Trinajstić information content (AvgIpc) is 3.35. The number of hydrogen-bond donors (Lipinski definition) is 0. The molecule has 5 heteroatoms. The highest BCUT2D eigenvalue weighted by molar-refractivity contribution is 7.21. The molecule has 1 aromatic carbocycles. The number of fused-ring (bicyclic) bond motifs is 2. The first-order chi connectivity index (χ1) is 13.6. The van der Waals surface area contributed by atoms with Crippen molar-refractivity contribution >= 4 is 33.4 Å². The molecule has 0 atom stereocenters. The van der Waals surface area contributed by atoms with Gasteiger partial charge in [-0.2, -0.15) is 0 Å². The van der Waals surface area contributed by atoms with Crippen LogP contribution in [0.25, 0.3) is 5.57 Å². The fourth-order valence-electron chi connectivity index (χ4n) is 3.85. The average molecular weight is 410 g/mol. The van der Waals surface area contributed by atoms with E-state index in [1.165, 1.54) is 27.8 Å². The van der Waals surface area contributed by atoms with Gasteiger partial charge < -0.3 is 9.45 Å². The maximum absolute atomic E-state index is 12.6. The lowest BCUT2D eigenvalue weighted by Crippen LogP contribution is -2.27. The molecule has 144 valence electrons. The molecule has 1 saturated heterocycles. The summed E-state index contributed by atoms with van der Waals surface area (Å²) in [6, 6.07) is 14.1. The Balaban J connectivity index is 0.000000275. The monoisotopic (exact) mass is 409 g/mol. The lowest BCUT2D eigenvalue weighted by Gasteiger charge is -2.27. The number of rotatable bonds is 0. The van der Waals surface area contributed by atoms with Gasteiger partial charge in [-0.15, -0.1) is 11.3 Å². The second-order valence-electron chi connectivity index (χ2n) is 7.19. The summed E-state index contributed by atoms with van der Waals surface area (Å²) >= 11 is 1.59. The van der Waals surface area contributed by atoms with Gasteiger partial charge in [0, 0.05) is 25.1 Å². The molecule has 0 saturated carbocycles. The van der Waals surface area contributed by atoms with Gasteiger partial charge in [-0.05, 0) is 60.2 Å². The summed E-state index contributed by atoms with van der Waals surface area (Å²) in [5, 5.41) is 5.34. The van der Waals surface area contributed by atoms with E-state index < -0.39 is 10.8 Å². The second kappa shape index (κ2) is 8.53. The highest BCUT2D eigenvalue weighted by Gasteiger charge is 2.27. The Labute approximate surface area is 172 Å². The Morgan fingerprint density at radius 3 is 2.39 bits per heavy atom. The smallest absolute Gasteiger partial charge is 0.177 e. The molecule has 2 aliphatic rings. The van der Waals surface area contributed by atoms with E-state index in [2.05, 4.69) is 41.6 Å². The van der Waals surface area contributed by atoms with Crippen molar-refractivity contribution in [2.45, 2.75) is 19.3 Å². The predicted octanol–water partition coefficient (Wildman–Crippen LogP) is 5.43. The van der Waals surface area contributed by atoms with Gasteiger partial charge in [0.15, 0.2) is 5.78 Å². The molecule has 3 aromatic rings. The van der Waals surface area contributed by atoms with Crippen molar-refractivity contribution in [1.82, 2.24) is 4.90 Å². The number of benzene rings is 1. The number of nitrogens with zero attached hydrogens (tertiary/aromatic N) is 1. The normalized spacial score (nSPS) is 16.7. The van der Waals surface area contributed by atoms with E-state index in [0.717, 1.165) is 30.8 Å². The first-order valence-corrected chi connectivity index (χ1v) is 11.6. The molecule has 0 bridgehead atoms. The van der Waals surface area contributed by atoms with Gasteiger partial charge in [-0.1, -0.05) is 40.6 Å². The van der Waals surface area contributed by atoms with Gasteiger partial charge in [0.1, 0.15) is 10.8 Å². The number of Topliss-reactive ketones (excluding diaryl/α,β-unsaturated/α-hetero) is 1. The molecule has 3 nitrogen and oxygen atoms in total. The molecule has 0 amide bonds. The Bertz CT molecular complexity index is 991. The van der Waals surface area contributed by atoms with Gasteiger partial charge >= 0.3 is 0 Å². The third-order valence-electron chi connectivity index (χ3n) is 5.31. The van der Waals surface area contributed by atoms with Crippen LogP contribution in [0.15, 0.2) is 64.2 Å². The summed E-state index contributed by atoms with van der Waals surface area (Å²) in [6.07, 6.45) is 2.73. The van der Waals surface area contributed by atoms with E-state index >= 15 is 0 Å². The minimum Gasteiger partial charge on any atom is -0.591 e. The molecule has 0 unspecified atom stereocenters. The topological polar surface area (TPSA) is 43.4 Å². The fourth-order valence-corrected chi connectivity index (χ4v) is 5.27. The number of carbonyl (C=O) groups excluding carboxylic acids is 1. The highest BCUT2D eigenvalue weighted by atomic mass is 32.2. The van der Waals surface area contributed by atoms with Crippen molar-refractivity contribution in [3.8, 4) is 0 Å². The molecule has 5 rings (SSSR count). The van der Waals surface area contributed by atoms with Crippen LogP contribution in [-0.4, -0.2) is 35.4 Å². The molecular weight excluding hydrogens is 386 g/mol. The minimum absolute atomic E-state index is 0.265. The van der Waals surface area contributed by atoms with Gasteiger partial charge in [-0.3, -0.25) is 4.79 Å². The summed E-state index contributed by atoms with van der Waals surface area (Å²) in [5.74, 6) is 0.265. The summed E-state index contributed by atoms with van der Waals surface area (Å²) in [4.78, 5) is 15.9. The first kappa shape index (κ1) is 19.3. The van der Waals surface area contributed by atoms with Crippen LogP contribution >= 0.6 is 22.1 Å². The molecule has 1 aliphatic heterocycles. The summed E-state index contributed by atoms with van der Waals surface area (Å²) in [5.41, 5.74) is 6.47. The van der Waals surface area contributed by atoms with Crippen LogP contribution in [0, 0.1) is 0 Å². The lowest BCUT2D eigenvalue weighted by molar-refractivity contribution is 0.0997. The third kappa shape index (κ3) is 4.03. The van der Waals surface area contributed by atoms with Crippen LogP contribution in [0.4, 0.5) is 0 Å². The molecule has 1 fully saturated rings. The van der Waals surface area contributed by atoms with Crippen LogP contribution in [0.3, 0.4) is 0 Å². The van der Waals surface area contributed by atoms with E-state index in [1.807, 2.05) is 6.07 Å². The molecule has 0 radical (unpaired) electrons. The maximum atomic E-state index is 12.6. The summed E-state index contributed by atoms with van der Waals surface area (Å²) < 4.78 is 10.2. The Kier molecular flexibility index (Phi) is 5.87. The fraction of sp³-hybridized carbons (Fsp3) is 0.261. The predicted molar refractivity (Wildman–Crippen MR) is 117 cm³/mol. The quantitative estimate of drug-likeness (QED) is 0.465. The third-order valence-corrected chi connectivity index (χ3v) is 7.11. The van der Waals surface area contributed by atoms with Gasteiger partial charge in [0.25, 0.3) is 0 Å². The van der Waals surface area contributed by atoms with Crippen LogP contribution in [0.2, 0.25) is 0 Å². The van der Waals surface area contributed by atoms with E-state index in [0.29, 0.717) is 6.42 Å². The first-order valence-electron chi connectivity index (χ1n) is 9.48. The molecule has 28 heavy (non-hydrogen) atoms. The van der Waals surface area contributed by atoms with Crippen molar-refractivity contribution in [1.29, 1.82) is 0 Å². The van der Waals surface area contributed by atoms with Gasteiger partial charge in [0.05, 0.1) is 4.88 Å². The van der Waals surface area contributed by atoms with Gasteiger partial charge in [-0.25, -0.2) is 0 Å². The minimum atomic E-state index is -0.784. The Morgan fingerprint density at radius 1 is 1.00 bits per heavy atom. The zero-order valence-electron chi connectivity index (χ0n) is 15.9. The van der Waals surface area contributed by atoms with E-state index in [4.69, 9.17) is 0 Å². The van der Waals surface area contributed by atoms with E-state index in [1.54, 1.807) is 34.2 Å². The lowest BCUT2D eigenvalue weighted by atomic mass is 9.88. The zero-order chi connectivity index (χ0) is 19.5. The zero-order valence-corrected chi connectivity index (χ0v) is 17.5. The van der Waals surface area contributed by atoms with Gasteiger partial charge in [0.2, 0.25) is 0 Å². The molecular formula is C23H23NO2S2. The summed E-state index contributed by atoms with van der Waals surface area (Å²) in [6.45, 7) is 2.21. The number of likely N-dealkylation sites (tertiary alicyclic amines) is 1. The molecule has 1 aliphatic carbocycles. The molecule has 0 N–H and O–H groups in total. The highest BCUT2D eigenvalue weighted by Crippen LogP contribution is 2.40. The van der Waals surface area contributed by atoms with Crippen LogP contribution < -0.4 is 0 Å². The SMILES string of the molecule is CN1CCC(=C2c3ccccc3CC(=O)c3sccc32)CC1.[O-][s+]1cccc1. The maximum Gasteiger partial charge on any atom is 0.177 e. The number of ketones is 1. The van der Waals surface area contributed by atoms with Crippen molar-refractivity contribution in [3.05, 3.63) is 85.7 Å². The van der Waals surface area contributed by atoms with Crippen molar-refractivity contribution in [2.24, 2.45) is 0 Å². The largest absolute Gasteiger partial charge is 0.591 e. The molecule has 2 aromatic heterocycles. The number of piperidine rings is 1.